The number of nitrogens with one attached hydrogen (secondary N) is 1. The lowest BCUT2D eigenvalue weighted by atomic mass is 10.0. The van der Waals surface area contributed by atoms with E-state index in [0.29, 0.717) is 6.04 Å². The topological polar surface area (TPSA) is 30.9 Å². The zero-order valence-electron chi connectivity index (χ0n) is 14.1. The van der Waals surface area contributed by atoms with Crippen LogP contribution < -0.4 is 5.32 Å². The maximum Gasteiger partial charge on any atom is 0.193 e. The zero-order valence-corrected chi connectivity index (χ0v) is 16.5. The van der Waals surface area contributed by atoms with Crippen molar-refractivity contribution < 1.29 is 0 Å². The van der Waals surface area contributed by atoms with Crippen molar-refractivity contribution in [3.05, 3.63) is 0 Å². The molecule has 0 aromatic heterocycles. The largest absolute Gasteiger partial charge is 0.355 e. The van der Waals surface area contributed by atoms with Crippen LogP contribution in [0.1, 0.15) is 46.5 Å². The quantitative estimate of drug-likeness (QED) is 0.431. The zero-order chi connectivity index (χ0) is 14.5. The molecule has 124 valence electrons. The maximum absolute atomic E-state index is 4.46. The third-order valence-electron chi connectivity index (χ3n) is 4.50. The highest BCUT2D eigenvalue weighted by Gasteiger charge is 2.30. The predicted octanol–water partition coefficient (Wildman–Crippen LogP) is 2.78. The van der Waals surface area contributed by atoms with E-state index >= 15 is 0 Å². The summed E-state index contributed by atoms with van der Waals surface area (Å²) in [4.78, 5) is 9.51. The normalized spacial score (nSPS) is 23.4. The first-order chi connectivity index (χ1) is 9.61. The van der Waals surface area contributed by atoms with Gasteiger partial charge in [-0.05, 0) is 45.4 Å². The summed E-state index contributed by atoms with van der Waals surface area (Å²) in [6.45, 7) is 11.4. The van der Waals surface area contributed by atoms with Crippen LogP contribution in [0, 0.1) is 5.92 Å². The smallest absolute Gasteiger partial charge is 0.193 e. The first kappa shape index (κ1) is 19.0. The lowest BCUT2D eigenvalue weighted by molar-refractivity contribution is 0.212. The van der Waals surface area contributed by atoms with Crippen LogP contribution >= 0.6 is 24.0 Å². The van der Waals surface area contributed by atoms with Crippen LogP contribution in [0.25, 0.3) is 0 Å². The fourth-order valence-corrected chi connectivity index (χ4v) is 3.28. The van der Waals surface area contributed by atoms with Gasteiger partial charge in [-0.15, -0.1) is 24.0 Å². The Bertz CT molecular complexity index is 326. The molecule has 21 heavy (non-hydrogen) atoms. The van der Waals surface area contributed by atoms with Crippen molar-refractivity contribution in [2.45, 2.75) is 58.5 Å². The van der Waals surface area contributed by atoms with E-state index in [4.69, 9.17) is 0 Å². The van der Waals surface area contributed by atoms with Gasteiger partial charge in [0.2, 0.25) is 0 Å². The van der Waals surface area contributed by atoms with Crippen molar-refractivity contribution in [3.63, 3.8) is 0 Å². The molecule has 0 aromatic carbocycles. The summed E-state index contributed by atoms with van der Waals surface area (Å²) in [7, 11) is 1.91. The Morgan fingerprint density at radius 1 is 1.33 bits per heavy atom. The second kappa shape index (κ2) is 9.18. The molecule has 2 fully saturated rings. The number of hydrogen-bond acceptors (Lipinski definition) is 2. The molecule has 0 bridgehead atoms. The molecule has 0 amide bonds. The van der Waals surface area contributed by atoms with E-state index in [-0.39, 0.29) is 24.0 Å². The molecule has 1 saturated carbocycles. The maximum atomic E-state index is 4.46. The number of piperidine rings is 1. The van der Waals surface area contributed by atoms with Crippen molar-refractivity contribution in [1.29, 1.82) is 0 Å². The second-order valence-corrected chi connectivity index (χ2v) is 6.73. The van der Waals surface area contributed by atoms with E-state index < -0.39 is 0 Å². The predicted molar refractivity (Wildman–Crippen MR) is 102 cm³/mol. The molecule has 0 spiro atoms. The number of rotatable bonds is 5. The molecule has 5 heteroatoms. The molecule has 2 rings (SSSR count). The van der Waals surface area contributed by atoms with Crippen LogP contribution in [-0.2, 0) is 0 Å². The molecule has 2 aliphatic rings. The van der Waals surface area contributed by atoms with Gasteiger partial charge in [-0.1, -0.05) is 6.92 Å². The Balaban J connectivity index is 0.00000220. The third kappa shape index (κ3) is 5.93. The highest BCUT2D eigenvalue weighted by Crippen LogP contribution is 2.27. The van der Waals surface area contributed by atoms with Gasteiger partial charge in [-0.2, -0.15) is 0 Å². The van der Waals surface area contributed by atoms with E-state index in [9.17, 15) is 0 Å². The SMILES string of the molecule is CN=C(NCCN(C(C)C)C1CC1)N1CCCC(C)C1.I. The summed E-state index contributed by atoms with van der Waals surface area (Å²) in [6.07, 6.45) is 5.42. The lowest BCUT2D eigenvalue weighted by Crippen LogP contribution is -2.48. The third-order valence-corrected chi connectivity index (χ3v) is 4.50. The fraction of sp³-hybridized carbons (Fsp3) is 0.938. The molecule has 1 N–H and O–H groups in total. The minimum absolute atomic E-state index is 0. The Morgan fingerprint density at radius 2 is 2.05 bits per heavy atom. The first-order valence-corrected chi connectivity index (χ1v) is 8.33. The van der Waals surface area contributed by atoms with Gasteiger partial charge in [0.1, 0.15) is 0 Å². The van der Waals surface area contributed by atoms with Gasteiger partial charge in [-0.3, -0.25) is 9.89 Å². The first-order valence-electron chi connectivity index (χ1n) is 8.33. The van der Waals surface area contributed by atoms with Crippen LogP contribution in [0.5, 0.6) is 0 Å². The standard InChI is InChI=1S/C16H32N4.HI/c1-13(2)20(15-7-8-15)11-9-18-16(17-4)19-10-5-6-14(3)12-19;/h13-15H,5-12H2,1-4H3,(H,17,18);1H. The van der Waals surface area contributed by atoms with Crippen molar-refractivity contribution in [1.82, 2.24) is 15.1 Å². The monoisotopic (exact) mass is 408 g/mol. The molecule has 0 radical (unpaired) electrons. The Hall–Kier alpha value is -0.0400. The lowest BCUT2D eigenvalue weighted by Gasteiger charge is -2.34. The van der Waals surface area contributed by atoms with Crippen molar-refractivity contribution >= 4 is 29.9 Å². The number of aliphatic imine (C=N–C) groups is 1. The molecular weight excluding hydrogens is 375 g/mol. The molecule has 1 heterocycles. The number of nitrogens with zero attached hydrogens (tertiary/aromatic N) is 3. The fourth-order valence-electron chi connectivity index (χ4n) is 3.28. The Morgan fingerprint density at radius 3 is 2.57 bits per heavy atom. The summed E-state index contributed by atoms with van der Waals surface area (Å²) in [6, 6.07) is 1.50. The number of halogens is 1. The summed E-state index contributed by atoms with van der Waals surface area (Å²) in [5.74, 6) is 1.89. The van der Waals surface area contributed by atoms with E-state index in [0.717, 1.165) is 44.1 Å². The summed E-state index contributed by atoms with van der Waals surface area (Å²) in [5.41, 5.74) is 0. The van der Waals surface area contributed by atoms with Gasteiger partial charge in [0.25, 0.3) is 0 Å². The molecule has 1 unspecified atom stereocenters. The molecule has 1 aliphatic heterocycles. The molecular formula is C16H33IN4. The van der Waals surface area contributed by atoms with Crippen molar-refractivity contribution in [2.75, 3.05) is 33.2 Å². The van der Waals surface area contributed by atoms with Crippen LogP contribution in [0.4, 0.5) is 0 Å². The number of hydrogen-bond donors (Lipinski definition) is 1. The minimum atomic E-state index is 0. The van der Waals surface area contributed by atoms with Gasteiger partial charge in [0.15, 0.2) is 5.96 Å². The summed E-state index contributed by atoms with van der Waals surface area (Å²) < 4.78 is 0. The van der Waals surface area contributed by atoms with Gasteiger partial charge in [-0.25, -0.2) is 0 Å². The molecule has 4 nitrogen and oxygen atoms in total. The van der Waals surface area contributed by atoms with Gasteiger partial charge >= 0.3 is 0 Å². The second-order valence-electron chi connectivity index (χ2n) is 6.73. The minimum Gasteiger partial charge on any atom is -0.355 e. The van der Waals surface area contributed by atoms with E-state index in [1.54, 1.807) is 0 Å². The van der Waals surface area contributed by atoms with E-state index in [1.165, 1.54) is 25.7 Å². The van der Waals surface area contributed by atoms with Gasteiger partial charge < -0.3 is 10.2 Å². The van der Waals surface area contributed by atoms with Crippen LogP contribution in [0.2, 0.25) is 0 Å². The highest BCUT2D eigenvalue weighted by atomic mass is 127. The highest BCUT2D eigenvalue weighted by molar-refractivity contribution is 14.0. The summed E-state index contributed by atoms with van der Waals surface area (Å²) >= 11 is 0. The van der Waals surface area contributed by atoms with Crippen molar-refractivity contribution in [2.24, 2.45) is 10.9 Å². The number of likely N-dealkylation sites (tertiary alicyclic amines) is 1. The van der Waals surface area contributed by atoms with Crippen LogP contribution in [-0.4, -0.2) is 61.1 Å². The van der Waals surface area contributed by atoms with Gasteiger partial charge in [0.05, 0.1) is 0 Å². The molecule has 1 saturated heterocycles. The van der Waals surface area contributed by atoms with Gasteiger partial charge in [0, 0.05) is 45.3 Å². The number of guanidine groups is 1. The van der Waals surface area contributed by atoms with Crippen molar-refractivity contribution in [3.8, 4) is 0 Å². The summed E-state index contributed by atoms with van der Waals surface area (Å²) in [5, 5.41) is 3.56. The molecule has 1 atom stereocenters. The Kier molecular flexibility index (Phi) is 8.31. The Labute approximate surface area is 147 Å². The molecule has 0 aromatic rings. The molecule has 1 aliphatic carbocycles. The van der Waals surface area contributed by atoms with E-state index in [1.807, 2.05) is 7.05 Å². The van der Waals surface area contributed by atoms with Crippen LogP contribution in [0.3, 0.4) is 0 Å². The average Bonchev–Trinajstić information content (AvgIpc) is 3.23. The van der Waals surface area contributed by atoms with Crippen LogP contribution in [0.15, 0.2) is 4.99 Å². The van der Waals surface area contributed by atoms with E-state index in [2.05, 4.69) is 40.9 Å². The average molecular weight is 408 g/mol.